The Morgan fingerprint density at radius 1 is 1.35 bits per heavy atom. The fourth-order valence-corrected chi connectivity index (χ4v) is 3.28. The number of fused-ring (bicyclic) bond motifs is 1. The molecule has 0 spiro atoms. The van der Waals surface area contributed by atoms with E-state index in [1.54, 1.807) is 0 Å². The van der Waals surface area contributed by atoms with Gasteiger partial charge in [0, 0.05) is 30.2 Å². The summed E-state index contributed by atoms with van der Waals surface area (Å²) in [5.41, 5.74) is 2.58. The Labute approximate surface area is 138 Å². The summed E-state index contributed by atoms with van der Waals surface area (Å²) >= 11 is 0. The normalized spacial score (nSPS) is 29.7. The van der Waals surface area contributed by atoms with Crippen molar-refractivity contribution in [1.82, 2.24) is 4.90 Å². The number of hydrogen-bond acceptors (Lipinski definition) is 3. The van der Waals surface area contributed by atoms with Crippen LogP contribution >= 0.6 is 0 Å². The SMILES string of the molecule is C=C1C(=O)O[C@@H]2/C=C(\C)CC/C=C(\C(=O)N(CC)CC)CC[C@H]12. The second-order valence-electron chi connectivity index (χ2n) is 6.30. The number of rotatable bonds is 3. The number of hydrogen-bond donors (Lipinski definition) is 0. The number of likely N-dealkylation sites (N-methyl/N-ethyl adjacent to an activating group) is 1. The molecular formula is C19H27NO3. The van der Waals surface area contributed by atoms with E-state index in [0.29, 0.717) is 25.1 Å². The predicted molar refractivity (Wildman–Crippen MR) is 90.7 cm³/mol. The van der Waals surface area contributed by atoms with E-state index in [4.69, 9.17) is 4.74 Å². The maximum Gasteiger partial charge on any atom is 0.334 e. The minimum Gasteiger partial charge on any atom is -0.454 e. The number of allylic oxidation sites excluding steroid dienone is 2. The van der Waals surface area contributed by atoms with Crippen LogP contribution in [0, 0.1) is 5.92 Å². The van der Waals surface area contributed by atoms with Gasteiger partial charge in [-0.25, -0.2) is 4.79 Å². The fourth-order valence-electron chi connectivity index (χ4n) is 3.28. The first-order valence-corrected chi connectivity index (χ1v) is 8.53. The molecular weight excluding hydrogens is 290 g/mol. The van der Waals surface area contributed by atoms with Gasteiger partial charge in [-0.05, 0) is 52.5 Å². The lowest BCUT2D eigenvalue weighted by atomic mass is 9.87. The molecule has 0 aromatic carbocycles. The van der Waals surface area contributed by atoms with Gasteiger partial charge in [0.2, 0.25) is 5.91 Å². The maximum absolute atomic E-state index is 12.7. The van der Waals surface area contributed by atoms with E-state index in [0.717, 1.165) is 24.8 Å². The van der Waals surface area contributed by atoms with Crippen LogP contribution in [0.25, 0.3) is 0 Å². The molecule has 4 nitrogen and oxygen atoms in total. The second-order valence-corrected chi connectivity index (χ2v) is 6.30. The number of amides is 1. The van der Waals surface area contributed by atoms with Crippen LogP contribution in [0.1, 0.15) is 46.5 Å². The maximum atomic E-state index is 12.7. The molecule has 1 saturated heterocycles. The number of nitrogens with zero attached hydrogens (tertiary/aromatic N) is 1. The molecule has 0 N–H and O–H groups in total. The highest BCUT2D eigenvalue weighted by Gasteiger charge is 2.37. The molecule has 2 atom stereocenters. The number of ether oxygens (including phenoxy) is 1. The lowest BCUT2D eigenvalue weighted by molar-refractivity contribution is -0.137. The number of carbonyl (C=O) groups is 2. The molecule has 2 rings (SSSR count). The van der Waals surface area contributed by atoms with Gasteiger partial charge < -0.3 is 9.64 Å². The van der Waals surface area contributed by atoms with Crippen molar-refractivity contribution >= 4 is 11.9 Å². The van der Waals surface area contributed by atoms with Crippen molar-refractivity contribution in [3.63, 3.8) is 0 Å². The highest BCUT2D eigenvalue weighted by molar-refractivity contribution is 5.93. The first-order valence-electron chi connectivity index (χ1n) is 8.53. The molecule has 0 aromatic rings. The Morgan fingerprint density at radius 2 is 2.04 bits per heavy atom. The summed E-state index contributed by atoms with van der Waals surface area (Å²) in [6.07, 6.45) is 7.00. The van der Waals surface area contributed by atoms with Gasteiger partial charge in [0.1, 0.15) is 6.10 Å². The van der Waals surface area contributed by atoms with Gasteiger partial charge in [-0.2, -0.15) is 0 Å². The van der Waals surface area contributed by atoms with Crippen LogP contribution in [0.5, 0.6) is 0 Å². The van der Waals surface area contributed by atoms with Gasteiger partial charge in [0.25, 0.3) is 0 Å². The third-order valence-corrected chi connectivity index (χ3v) is 4.78. The molecule has 2 aliphatic rings. The zero-order valence-corrected chi connectivity index (χ0v) is 14.4. The van der Waals surface area contributed by atoms with Crippen molar-refractivity contribution < 1.29 is 14.3 Å². The van der Waals surface area contributed by atoms with Gasteiger partial charge >= 0.3 is 5.97 Å². The van der Waals surface area contributed by atoms with Crippen molar-refractivity contribution in [2.24, 2.45) is 5.92 Å². The van der Waals surface area contributed by atoms with Crippen LogP contribution in [-0.4, -0.2) is 36.0 Å². The van der Waals surface area contributed by atoms with E-state index < -0.39 is 0 Å². The molecule has 1 amide bonds. The predicted octanol–water partition coefficient (Wildman–Crippen LogP) is 3.40. The standard InChI is InChI=1S/C19H27NO3/c1-5-20(6-2)18(21)15-9-7-8-13(3)12-17-16(11-10-15)14(4)19(22)23-17/h9,12,16-17H,4-8,10-11H2,1-3H3/b13-12+,15-9-/t16-,17-/m1/s1. The molecule has 0 unspecified atom stereocenters. The summed E-state index contributed by atoms with van der Waals surface area (Å²) in [7, 11) is 0. The lowest BCUT2D eigenvalue weighted by Crippen LogP contribution is -2.32. The lowest BCUT2D eigenvalue weighted by Gasteiger charge is -2.23. The molecule has 1 aliphatic carbocycles. The molecule has 0 bridgehead atoms. The summed E-state index contributed by atoms with van der Waals surface area (Å²) < 4.78 is 5.44. The molecule has 0 saturated carbocycles. The van der Waals surface area contributed by atoms with E-state index in [9.17, 15) is 9.59 Å². The Morgan fingerprint density at radius 3 is 2.70 bits per heavy atom. The number of esters is 1. The molecule has 23 heavy (non-hydrogen) atoms. The average Bonchev–Trinajstić information content (AvgIpc) is 2.78. The second kappa shape index (κ2) is 7.62. The Bertz CT molecular complexity index is 555. The van der Waals surface area contributed by atoms with Crippen molar-refractivity contribution in [3.05, 3.63) is 35.5 Å². The van der Waals surface area contributed by atoms with E-state index in [1.807, 2.05) is 31.7 Å². The minimum atomic E-state index is -0.302. The molecule has 1 aliphatic heterocycles. The quantitative estimate of drug-likeness (QED) is 0.455. The molecule has 126 valence electrons. The molecule has 4 heteroatoms. The minimum absolute atomic E-state index is 0.0246. The third kappa shape index (κ3) is 3.92. The van der Waals surface area contributed by atoms with E-state index in [-0.39, 0.29) is 23.9 Å². The smallest absolute Gasteiger partial charge is 0.334 e. The first-order chi connectivity index (χ1) is 11.0. The van der Waals surface area contributed by atoms with Crippen LogP contribution in [0.2, 0.25) is 0 Å². The van der Waals surface area contributed by atoms with Crippen molar-refractivity contribution in [2.75, 3.05) is 13.1 Å². The Kier molecular flexibility index (Phi) is 5.80. The van der Waals surface area contributed by atoms with Gasteiger partial charge in [-0.3, -0.25) is 4.79 Å². The highest BCUT2D eigenvalue weighted by Crippen LogP contribution is 2.34. The van der Waals surface area contributed by atoms with Crippen LogP contribution in [0.3, 0.4) is 0 Å². The topological polar surface area (TPSA) is 46.6 Å². The van der Waals surface area contributed by atoms with E-state index >= 15 is 0 Å². The van der Waals surface area contributed by atoms with E-state index in [1.165, 1.54) is 5.57 Å². The molecule has 1 fully saturated rings. The first kappa shape index (κ1) is 17.5. The van der Waals surface area contributed by atoms with Gasteiger partial charge in [0.15, 0.2) is 0 Å². The highest BCUT2D eigenvalue weighted by atomic mass is 16.5. The summed E-state index contributed by atoms with van der Waals surface area (Å²) in [5.74, 6) is -0.211. The number of carbonyl (C=O) groups excluding carboxylic acids is 2. The molecule has 1 heterocycles. The van der Waals surface area contributed by atoms with Gasteiger partial charge in [-0.1, -0.05) is 18.2 Å². The zero-order valence-electron chi connectivity index (χ0n) is 14.4. The summed E-state index contributed by atoms with van der Waals surface area (Å²) in [6.45, 7) is 11.4. The van der Waals surface area contributed by atoms with Gasteiger partial charge in [-0.15, -0.1) is 0 Å². The average molecular weight is 317 g/mol. The van der Waals surface area contributed by atoms with Crippen LogP contribution in [0.4, 0.5) is 0 Å². The summed E-state index contributed by atoms with van der Waals surface area (Å²) in [4.78, 5) is 26.3. The summed E-state index contributed by atoms with van der Waals surface area (Å²) in [6, 6.07) is 0. The Hall–Kier alpha value is -1.84. The van der Waals surface area contributed by atoms with E-state index in [2.05, 4.69) is 12.7 Å². The van der Waals surface area contributed by atoms with Crippen LogP contribution in [-0.2, 0) is 14.3 Å². The van der Waals surface area contributed by atoms with Crippen molar-refractivity contribution in [3.8, 4) is 0 Å². The Balaban J connectivity index is 2.22. The zero-order chi connectivity index (χ0) is 17.0. The largest absolute Gasteiger partial charge is 0.454 e. The van der Waals surface area contributed by atoms with Crippen LogP contribution in [0.15, 0.2) is 35.5 Å². The van der Waals surface area contributed by atoms with Crippen LogP contribution < -0.4 is 0 Å². The monoisotopic (exact) mass is 317 g/mol. The molecule has 0 aromatic heterocycles. The fraction of sp³-hybridized carbons (Fsp3) is 0.579. The molecule has 0 radical (unpaired) electrons. The van der Waals surface area contributed by atoms with Crippen molar-refractivity contribution in [2.45, 2.75) is 52.6 Å². The third-order valence-electron chi connectivity index (χ3n) is 4.78. The van der Waals surface area contributed by atoms with Gasteiger partial charge in [0.05, 0.1) is 0 Å². The summed E-state index contributed by atoms with van der Waals surface area (Å²) in [5, 5.41) is 0. The van der Waals surface area contributed by atoms with Crippen molar-refractivity contribution in [1.29, 1.82) is 0 Å².